The van der Waals surface area contributed by atoms with E-state index in [0.717, 1.165) is 30.5 Å². The first-order valence-electron chi connectivity index (χ1n) is 42.4. The Kier molecular flexibility index (Phi) is 47.5. The molecule has 1 aliphatic rings. The third-order valence-electron chi connectivity index (χ3n) is 20.5. The van der Waals surface area contributed by atoms with Gasteiger partial charge in [-0.25, -0.2) is 4.79 Å². The molecule has 48 heteroatoms. The number of imide groups is 1. The van der Waals surface area contributed by atoms with Crippen molar-refractivity contribution in [2.24, 2.45) is 17.6 Å². The Hall–Kier alpha value is -13.2. The van der Waals surface area contributed by atoms with Crippen LogP contribution in [0.1, 0.15) is 123 Å². The molecule has 0 spiro atoms. The molecule has 0 radical (unpaired) electrons. The van der Waals surface area contributed by atoms with Crippen molar-refractivity contribution in [1.29, 1.82) is 0 Å². The molecule has 1 aliphatic heterocycles. The lowest BCUT2D eigenvalue weighted by Gasteiger charge is -2.30. The number of carbonyl (C=O) groups is 20. The number of thioether (sulfide) groups is 1. The maximum absolute atomic E-state index is 14.7. The van der Waals surface area contributed by atoms with Gasteiger partial charge in [0.15, 0.2) is 0 Å². The van der Waals surface area contributed by atoms with Crippen LogP contribution in [0, 0.1) is 11.8 Å². The van der Waals surface area contributed by atoms with Crippen molar-refractivity contribution < 1.29 is 142 Å². The number of hydrogen-bond acceptors (Lipinski definition) is 28. The molecule has 0 aromatic heterocycles. The molecular weight excluding hydrogens is 1760 g/mol. The zero-order valence-corrected chi connectivity index (χ0v) is 75.1. The van der Waals surface area contributed by atoms with Crippen LogP contribution in [0.2, 0.25) is 0 Å². The highest BCUT2D eigenvalue weighted by Gasteiger charge is 2.41. The summed E-state index contributed by atoms with van der Waals surface area (Å²) in [5.41, 5.74) is 6.48. The van der Waals surface area contributed by atoms with Crippen molar-refractivity contribution >= 4 is 130 Å². The molecule has 16 atom stereocenters. The minimum atomic E-state index is -2.23. The SMILES string of the molecule is CC[C@H](C)[C@H](NC(=O)[C@H](CO)NC(=O)[C@H](Cc1ccc(O)cc1)NC(=O)[C@H](CC(=O)O)NC(=O)[C@H](CO)NC(=O)[C@@H](NC(=O)[C@H](Cc1ccccc1)NC(=O)[C@@H](NC(=O)CNC(=O)[C@H](CCC(=O)O)NC(=O)CSCC(=O)NCCN1CC(=O)N(C)C1=O)[C@@H](C)O)[C@@H](C)O)C(=O)N[C@@H](Cc1ccc(O)cc1)C(=O)N[C@@H](CC(C)C)C(=O)N[C@@H](CC(=O)O)C(=O)N[C@H](C)CCCCN. The number of carboxylic acids is 3. The minimum absolute atomic E-state index is 0.0204. The molecule has 728 valence electrons. The topological polar surface area (TPSA) is 736 Å². The van der Waals surface area contributed by atoms with Gasteiger partial charge in [-0.15, -0.1) is 11.8 Å². The number of likely N-dealkylation sites (N-methyl/N-ethyl adjacent to an activating group) is 1. The highest BCUT2D eigenvalue weighted by molar-refractivity contribution is 8.00. The third kappa shape index (κ3) is 39.2. The van der Waals surface area contributed by atoms with E-state index in [-0.39, 0.29) is 67.6 Å². The van der Waals surface area contributed by atoms with E-state index >= 15 is 0 Å². The number of aliphatic carboxylic acids is 3. The maximum atomic E-state index is 14.7. The number of amides is 18. The molecule has 132 heavy (non-hydrogen) atoms. The number of nitrogens with zero attached hydrogens (tertiary/aromatic N) is 2. The van der Waals surface area contributed by atoms with Crippen molar-refractivity contribution in [2.75, 3.05) is 64.5 Å². The van der Waals surface area contributed by atoms with Crippen LogP contribution in [-0.4, -0.2) is 329 Å². The zero-order chi connectivity index (χ0) is 98.8. The maximum Gasteiger partial charge on any atom is 0.327 e. The average molecular weight is 1880 g/mol. The second-order valence-electron chi connectivity index (χ2n) is 32.0. The third-order valence-corrected chi connectivity index (χ3v) is 21.4. The Bertz CT molecular complexity index is 4480. The van der Waals surface area contributed by atoms with Gasteiger partial charge in [0.05, 0.1) is 56.3 Å². The number of phenols is 2. The van der Waals surface area contributed by atoms with Crippen molar-refractivity contribution in [3.63, 3.8) is 0 Å². The number of urea groups is 1. The summed E-state index contributed by atoms with van der Waals surface area (Å²) in [5, 5.41) is 128. The first-order valence-corrected chi connectivity index (χ1v) is 43.6. The Morgan fingerprint density at radius 3 is 1.30 bits per heavy atom. The molecule has 47 nitrogen and oxygen atoms in total. The van der Waals surface area contributed by atoms with Crippen LogP contribution in [0.3, 0.4) is 0 Å². The summed E-state index contributed by atoms with van der Waals surface area (Å²) in [7, 11) is 1.31. The fourth-order valence-electron chi connectivity index (χ4n) is 13.0. The van der Waals surface area contributed by atoms with Gasteiger partial charge in [0.1, 0.15) is 90.5 Å². The number of aliphatic hydroxyl groups is 4. The predicted molar refractivity (Wildman–Crippen MR) is 468 cm³/mol. The lowest BCUT2D eigenvalue weighted by Crippen LogP contribution is -2.63. The van der Waals surface area contributed by atoms with Gasteiger partial charge in [-0.2, -0.15) is 0 Å². The van der Waals surface area contributed by atoms with Gasteiger partial charge >= 0.3 is 23.9 Å². The van der Waals surface area contributed by atoms with Crippen LogP contribution in [0.15, 0.2) is 78.9 Å². The molecule has 18 amide bonds. The number of unbranched alkanes of at least 4 members (excludes halogenated alkanes) is 1. The van der Waals surface area contributed by atoms with E-state index in [2.05, 4.69) is 79.8 Å². The van der Waals surface area contributed by atoms with Gasteiger partial charge in [-0.3, -0.25) is 96.0 Å². The number of carboxylic acid groups (broad SMARTS) is 3. The molecule has 3 aromatic rings. The number of carbonyl (C=O) groups excluding carboxylic acids is 17. The molecule has 0 unspecified atom stereocenters. The van der Waals surface area contributed by atoms with Crippen LogP contribution in [-0.2, 0) is 110 Å². The lowest BCUT2D eigenvalue weighted by molar-refractivity contribution is -0.142. The molecule has 0 saturated carbocycles. The predicted octanol–water partition coefficient (Wildman–Crippen LogP) is -6.91. The van der Waals surface area contributed by atoms with E-state index in [1.54, 1.807) is 45.9 Å². The number of aliphatic hydroxyl groups excluding tert-OH is 4. The lowest BCUT2D eigenvalue weighted by atomic mass is 9.96. The summed E-state index contributed by atoms with van der Waals surface area (Å²) in [5.74, 6) is -24.2. The second-order valence-corrected chi connectivity index (χ2v) is 32.9. The summed E-state index contributed by atoms with van der Waals surface area (Å²) in [6.45, 7) is 6.97. The summed E-state index contributed by atoms with van der Waals surface area (Å²) >= 11 is 0.800. The smallest absolute Gasteiger partial charge is 0.327 e. The average Bonchev–Trinajstić information content (AvgIpc) is 1.49. The quantitative estimate of drug-likeness (QED) is 0.0184. The Balaban J connectivity index is 1.52. The van der Waals surface area contributed by atoms with Crippen molar-refractivity contribution in [2.45, 2.75) is 216 Å². The number of aromatic hydroxyl groups is 2. The molecule has 0 bridgehead atoms. The number of benzene rings is 3. The van der Waals surface area contributed by atoms with Crippen LogP contribution in [0.5, 0.6) is 11.5 Å². The number of phenolic OH excluding ortho intramolecular Hbond substituents is 2. The van der Waals surface area contributed by atoms with Gasteiger partial charge in [-0.1, -0.05) is 95.1 Å². The molecule has 1 heterocycles. The van der Waals surface area contributed by atoms with E-state index < -0.39 is 279 Å². The monoisotopic (exact) mass is 1880 g/mol. The molecule has 1 saturated heterocycles. The largest absolute Gasteiger partial charge is 0.508 e. The van der Waals surface area contributed by atoms with Crippen LogP contribution in [0.4, 0.5) is 4.79 Å². The first-order chi connectivity index (χ1) is 62.3. The van der Waals surface area contributed by atoms with Gasteiger partial charge < -0.3 is 136 Å². The second kappa shape index (κ2) is 56.4. The normalized spacial score (nSPS) is 15.4. The van der Waals surface area contributed by atoms with Gasteiger partial charge in [-0.05, 0) is 106 Å². The summed E-state index contributed by atoms with van der Waals surface area (Å²) in [6.07, 6.45) is -6.46. The highest BCUT2D eigenvalue weighted by Crippen LogP contribution is 2.19. The minimum Gasteiger partial charge on any atom is -0.508 e. The Morgan fingerprint density at radius 2 is 0.841 bits per heavy atom. The molecule has 0 aliphatic carbocycles. The summed E-state index contributed by atoms with van der Waals surface area (Å²) < 4.78 is 0. The van der Waals surface area contributed by atoms with E-state index in [9.17, 15) is 142 Å². The van der Waals surface area contributed by atoms with Crippen molar-refractivity contribution in [1.82, 2.24) is 89.6 Å². The molecular formula is C84H122N18O29S. The first kappa shape index (κ1) is 111. The fourth-order valence-corrected chi connectivity index (χ4v) is 13.6. The molecule has 1 fully saturated rings. The molecule has 3 aromatic carbocycles. The zero-order valence-electron chi connectivity index (χ0n) is 74.2. The van der Waals surface area contributed by atoms with E-state index in [1.165, 1.54) is 79.5 Å². The summed E-state index contributed by atoms with van der Waals surface area (Å²) in [4.78, 5) is 271. The standard InChI is InChI=1S/C84H122N18O29S/c1-9-44(4)69(81(128)94-56(34-50-20-24-52(108)25-21-50)75(122)90-54(31-43(2)3)74(121)92-58(35-67(115)116)73(120)88-45(5)15-13-14-28-85)99-80(127)61(40-104)96-76(123)55(33-49-18-22-51(107)23-19-49)91-77(124)59(36-68(117)118)93-79(126)60(39-103)97-83(130)71(47(7)106)100-78(125)57(32-48-16-11-10-12-17-48)95-82(129)70(46(6)105)98-62(109)37-87-72(119)53(26-27-66(113)114)89-64(111)42-132-41-63(110)86-29-30-102-38-65(112)101(8)84(102)131/h10-12,16-25,43-47,53-61,69-71,103-108H,9,13-15,26-42,85H2,1-8H3,(H,86,110)(H,87,119)(H,88,120)(H,89,111)(H,90,122)(H,91,124)(H,92,121)(H,93,126)(H,94,128)(H,95,129)(H,96,123)(H,97,130)(H,98,109)(H,99,127)(H,100,125)(H,113,114)(H,115,116)(H,117,118)/t44-,45+,46+,47+,53-,54-,55-,56-,57-,58-,59-,60-,61-,69-,70-,71-/m0/s1. The van der Waals surface area contributed by atoms with Gasteiger partial charge in [0.2, 0.25) is 94.5 Å². The van der Waals surface area contributed by atoms with E-state index in [1.807, 2.05) is 0 Å². The molecule has 26 N–H and O–H groups in total. The number of nitrogens with two attached hydrogens (primary N) is 1. The fraction of sp³-hybridized carbons (Fsp3) is 0.548. The van der Waals surface area contributed by atoms with E-state index in [0.29, 0.717) is 36.9 Å². The van der Waals surface area contributed by atoms with E-state index in [4.69, 9.17) is 5.73 Å². The van der Waals surface area contributed by atoms with Gasteiger partial charge in [0.25, 0.3) is 0 Å². The van der Waals surface area contributed by atoms with Crippen LogP contribution in [0.25, 0.3) is 0 Å². The number of rotatable bonds is 59. The molecule has 4 rings (SSSR count). The Morgan fingerprint density at radius 1 is 0.432 bits per heavy atom. The number of hydrogen-bond donors (Lipinski definition) is 25. The number of nitrogens with one attached hydrogen (secondary N) is 15. The Labute approximate surface area is 763 Å². The van der Waals surface area contributed by atoms with Crippen molar-refractivity contribution in [3.8, 4) is 11.5 Å². The van der Waals surface area contributed by atoms with Crippen LogP contribution < -0.4 is 85.5 Å². The summed E-state index contributed by atoms with van der Waals surface area (Å²) in [6, 6.07) is -4.96. The van der Waals surface area contributed by atoms with Crippen LogP contribution >= 0.6 is 11.8 Å². The van der Waals surface area contributed by atoms with Crippen molar-refractivity contribution in [3.05, 3.63) is 95.6 Å². The van der Waals surface area contributed by atoms with Gasteiger partial charge in [0, 0.05) is 51.9 Å². The highest BCUT2D eigenvalue weighted by atomic mass is 32.2.